The Bertz CT molecular complexity index is 368. The molecule has 94 valence electrons. The van der Waals surface area contributed by atoms with E-state index in [4.69, 9.17) is 4.42 Å². The zero-order chi connectivity index (χ0) is 12.7. The summed E-state index contributed by atoms with van der Waals surface area (Å²) in [6, 6.07) is 1.97. The van der Waals surface area contributed by atoms with E-state index in [1.165, 1.54) is 11.1 Å². The van der Waals surface area contributed by atoms with Crippen LogP contribution in [0.1, 0.15) is 39.2 Å². The van der Waals surface area contributed by atoms with Gasteiger partial charge in [-0.3, -0.25) is 0 Å². The quantitative estimate of drug-likeness (QED) is 0.758. The topological polar surface area (TPSA) is 33.4 Å². The van der Waals surface area contributed by atoms with Gasteiger partial charge in [0, 0.05) is 0 Å². The predicted molar refractivity (Wildman–Crippen MR) is 70.8 cm³/mol. The first-order valence-corrected chi connectivity index (χ1v) is 6.08. The number of hydrogen-bond donors (Lipinski definition) is 1. The highest BCUT2D eigenvalue weighted by Crippen LogP contribution is 2.11. The van der Waals surface area contributed by atoms with Gasteiger partial charge in [0.05, 0.1) is 18.6 Å². The third-order valence-corrected chi connectivity index (χ3v) is 2.75. The zero-order valence-electron chi connectivity index (χ0n) is 10.9. The average molecular weight is 234 g/mol. The van der Waals surface area contributed by atoms with Gasteiger partial charge in [0.2, 0.25) is 0 Å². The molecule has 0 amide bonds. The van der Waals surface area contributed by atoms with Crippen LogP contribution in [0.2, 0.25) is 0 Å². The van der Waals surface area contributed by atoms with E-state index in [1.54, 1.807) is 12.5 Å². The second kappa shape index (κ2) is 7.13. The fraction of sp³-hybridized carbons (Fsp3) is 0.467. The molecule has 0 aromatic carbocycles. The summed E-state index contributed by atoms with van der Waals surface area (Å²) in [6.45, 7) is 6.08. The van der Waals surface area contributed by atoms with Crippen molar-refractivity contribution in [1.29, 1.82) is 0 Å². The Balaban J connectivity index is 2.35. The van der Waals surface area contributed by atoms with E-state index in [-0.39, 0.29) is 6.10 Å². The van der Waals surface area contributed by atoms with E-state index in [1.807, 2.05) is 26.8 Å². The molecule has 1 atom stereocenters. The second-order valence-corrected chi connectivity index (χ2v) is 4.65. The highest BCUT2D eigenvalue weighted by molar-refractivity contribution is 5.11. The van der Waals surface area contributed by atoms with Gasteiger partial charge in [0.15, 0.2) is 0 Å². The molecule has 0 spiro atoms. The SMILES string of the molecule is CC(C)=CC[C@@H](O)C(C)=CCCc1ccoc1. The van der Waals surface area contributed by atoms with Crippen LogP contribution >= 0.6 is 0 Å². The lowest BCUT2D eigenvalue weighted by molar-refractivity contribution is 0.213. The molecule has 1 heterocycles. The normalized spacial score (nSPS) is 13.5. The molecule has 0 saturated heterocycles. The molecular weight excluding hydrogens is 212 g/mol. The van der Waals surface area contributed by atoms with Crippen LogP contribution in [-0.2, 0) is 6.42 Å². The van der Waals surface area contributed by atoms with E-state index in [2.05, 4.69) is 12.2 Å². The second-order valence-electron chi connectivity index (χ2n) is 4.65. The lowest BCUT2D eigenvalue weighted by atomic mass is 10.0. The van der Waals surface area contributed by atoms with Crippen molar-refractivity contribution in [3.63, 3.8) is 0 Å². The molecule has 2 heteroatoms. The Morgan fingerprint density at radius 2 is 2.12 bits per heavy atom. The largest absolute Gasteiger partial charge is 0.472 e. The summed E-state index contributed by atoms with van der Waals surface area (Å²) in [6.07, 6.45) is 9.89. The number of rotatable bonds is 6. The number of aliphatic hydroxyl groups is 1. The molecule has 0 aliphatic heterocycles. The fourth-order valence-corrected chi connectivity index (χ4v) is 1.57. The standard InChI is InChI=1S/C15H22O2/c1-12(2)7-8-15(16)13(3)5-4-6-14-9-10-17-11-14/h5,7,9-11,15-16H,4,6,8H2,1-3H3/t15-/m1/s1. The van der Waals surface area contributed by atoms with Crippen LogP contribution < -0.4 is 0 Å². The maximum atomic E-state index is 9.89. The molecule has 0 fully saturated rings. The zero-order valence-corrected chi connectivity index (χ0v) is 10.9. The molecular formula is C15H22O2. The summed E-state index contributed by atoms with van der Waals surface area (Å²) in [5, 5.41) is 9.89. The van der Waals surface area contributed by atoms with Crippen LogP contribution in [0, 0.1) is 0 Å². The Morgan fingerprint density at radius 1 is 1.35 bits per heavy atom. The van der Waals surface area contributed by atoms with Crippen molar-refractivity contribution in [2.75, 3.05) is 0 Å². The van der Waals surface area contributed by atoms with Crippen LogP contribution in [0.4, 0.5) is 0 Å². The van der Waals surface area contributed by atoms with Gasteiger partial charge in [0.1, 0.15) is 0 Å². The Morgan fingerprint density at radius 3 is 2.71 bits per heavy atom. The van der Waals surface area contributed by atoms with E-state index < -0.39 is 0 Å². The number of aliphatic hydroxyl groups excluding tert-OH is 1. The first kappa shape index (κ1) is 13.8. The van der Waals surface area contributed by atoms with Crippen molar-refractivity contribution in [2.45, 2.75) is 46.1 Å². The minimum Gasteiger partial charge on any atom is -0.472 e. The highest BCUT2D eigenvalue weighted by atomic mass is 16.3. The van der Waals surface area contributed by atoms with Crippen LogP contribution in [0.3, 0.4) is 0 Å². The number of furan rings is 1. The third kappa shape index (κ3) is 5.55. The van der Waals surface area contributed by atoms with Crippen molar-refractivity contribution >= 4 is 0 Å². The van der Waals surface area contributed by atoms with E-state index in [0.29, 0.717) is 6.42 Å². The molecule has 1 aromatic heterocycles. The summed E-state index contributed by atoms with van der Waals surface area (Å²) < 4.78 is 5.01. The van der Waals surface area contributed by atoms with Crippen LogP contribution in [0.15, 0.2) is 46.3 Å². The van der Waals surface area contributed by atoms with Gasteiger partial charge in [-0.15, -0.1) is 0 Å². The first-order chi connectivity index (χ1) is 8.09. The van der Waals surface area contributed by atoms with Gasteiger partial charge < -0.3 is 9.52 Å². The van der Waals surface area contributed by atoms with Gasteiger partial charge in [-0.1, -0.05) is 17.7 Å². The Hall–Kier alpha value is -1.28. The van der Waals surface area contributed by atoms with Crippen molar-refractivity contribution in [2.24, 2.45) is 0 Å². The summed E-state index contributed by atoms with van der Waals surface area (Å²) in [5.74, 6) is 0. The predicted octanol–water partition coefficient (Wildman–Crippen LogP) is 3.88. The molecule has 2 nitrogen and oxygen atoms in total. The molecule has 0 bridgehead atoms. The summed E-state index contributed by atoms with van der Waals surface area (Å²) >= 11 is 0. The van der Waals surface area contributed by atoms with Crippen molar-refractivity contribution in [1.82, 2.24) is 0 Å². The highest BCUT2D eigenvalue weighted by Gasteiger charge is 2.03. The van der Waals surface area contributed by atoms with Crippen LogP contribution in [-0.4, -0.2) is 11.2 Å². The summed E-state index contributed by atoms with van der Waals surface area (Å²) in [4.78, 5) is 0. The van der Waals surface area contributed by atoms with E-state index in [9.17, 15) is 5.11 Å². The van der Waals surface area contributed by atoms with Crippen molar-refractivity contribution < 1.29 is 9.52 Å². The molecule has 1 rings (SSSR count). The minimum absolute atomic E-state index is 0.353. The van der Waals surface area contributed by atoms with Gasteiger partial charge >= 0.3 is 0 Å². The minimum atomic E-state index is -0.353. The number of aryl methyl sites for hydroxylation is 1. The number of allylic oxidation sites excluding steroid dienone is 2. The summed E-state index contributed by atoms with van der Waals surface area (Å²) in [5.41, 5.74) is 3.49. The molecule has 0 aliphatic rings. The third-order valence-electron chi connectivity index (χ3n) is 2.75. The lowest BCUT2D eigenvalue weighted by Gasteiger charge is -2.09. The van der Waals surface area contributed by atoms with Crippen LogP contribution in [0.25, 0.3) is 0 Å². The van der Waals surface area contributed by atoms with Gasteiger partial charge in [-0.2, -0.15) is 0 Å². The van der Waals surface area contributed by atoms with E-state index >= 15 is 0 Å². The molecule has 0 saturated carbocycles. The molecule has 17 heavy (non-hydrogen) atoms. The summed E-state index contributed by atoms with van der Waals surface area (Å²) in [7, 11) is 0. The molecule has 1 aromatic rings. The van der Waals surface area contributed by atoms with E-state index in [0.717, 1.165) is 18.4 Å². The Kier molecular flexibility index (Phi) is 5.78. The molecule has 0 aliphatic carbocycles. The first-order valence-electron chi connectivity index (χ1n) is 6.08. The smallest absolute Gasteiger partial charge is 0.0934 e. The monoisotopic (exact) mass is 234 g/mol. The van der Waals surface area contributed by atoms with Gasteiger partial charge in [0.25, 0.3) is 0 Å². The maximum Gasteiger partial charge on any atom is 0.0934 e. The fourth-order valence-electron chi connectivity index (χ4n) is 1.57. The van der Waals surface area contributed by atoms with Gasteiger partial charge in [-0.25, -0.2) is 0 Å². The molecule has 0 unspecified atom stereocenters. The number of hydrogen-bond acceptors (Lipinski definition) is 2. The molecule has 1 N–H and O–H groups in total. The molecule has 0 radical (unpaired) electrons. The van der Waals surface area contributed by atoms with Crippen molar-refractivity contribution in [3.05, 3.63) is 47.5 Å². The van der Waals surface area contributed by atoms with Crippen molar-refractivity contribution in [3.8, 4) is 0 Å². The average Bonchev–Trinajstić information content (AvgIpc) is 2.78. The van der Waals surface area contributed by atoms with Crippen LogP contribution in [0.5, 0.6) is 0 Å². The van der Waals surface area contributed by atoms with Gasteiger partial charge in [-0.05, 0) is 57.2 Å². The Labute approximate surface area is 104 Å². The maximum absolute atomic E-state index is 9.89. The lowest BCUT2D eigenvalue weighted by Crippen LogP contribution is -2.06.